The third-order valence-electron chi connectivity index (χ3n) is 3.18. The third-order valence-corrected chi connectivity index (χ3v) is 3.51. The molecule has 1 aromatic carbocycles. The molecule has 0 unspecified atom stereocenters. The van der Waals surface area contributed by atoms with Gasteiger partial charge in [-0.1, -0.05) is 11.6 Å². The van der Waals surface area contributed by atoms with Gasteiger partial charge in [0.2, 0.25) is 0 Å². The van der Waals surface area contributed by atoms with Gasteiger partial charge in [0.25, 0.3) is 0 Å². The molecule has 2 aromatic rings. The van der Waals surface area contributed by atoms with E-state index in [0.29, 0.717) is 5.69 Å². The largest absolute Gasteiger partial charge is 0.465 e. The number of carbonyl (C=O) groups excluding carboxylic acids is 2. The third kappa shape index (κ3) is 2.84. The molecular weight excluding hydrogens is 322 g/mol. The van der Waals surface area contributed by atoms with Crippen LogP contribution in [0.5, 0.6) is 0 Å². The van der Waals surface area contributed by atoms with E-state index in [1.807, 2.05) is 6.07 Å². The fourth-order valence-corrected chi connectivity index (χ4v) is 2.24. The van der Waals surface area contributed by atoms with Crippen molar-refractivity contribution in [2.75, 3.05) is 20.0 Å². The Morgan fingerprint density at radius 3 is 2.48 bits per heavy atom. The van der Waals surface area contributed by atoms with Gasteiger partial charge < -0.3 is 19.8 Å². The van der Waals surface area contributed by atoms with Crippen LogP contribution in [-0.2, 0) is 9.47 Å². The van der Waals surface area contributed by atoms with E-state index < -0.39 is 11.9 Å². The van der Waals surface area contributed by atoms with Gasteiger partial charge in [-0.15, -0.1) is 0 Å². The zero-order valence-corrected chi connectivity index (χ0v) is 13.0. The summed E-state index contributed by atoms with van der Waals surface area (Å²) in [6.45, 7) is 0. The number of ether oxygens (including phenoxy) is 2. The van der Waals surface area contributed by atoms with Crippen molar-refractivity contribution in [3.8, 4) is 11.8 Å². The standard InChI is InChI=1S/C15H12ClN3O4/c1-22-14(20)10-5-9(3-4-11(10)16)19-7-8(6-17)12(18)13(19)15(21)23-2/h3-5,7H,18H2,1-2H3. The fourth-order valence-electron chi connectivity index (χ4n) is 2.05. The summed E-state index contributed by atoms with van der Waals surface area (Å²) in [6, 6.07) is 6.37. The quantitative estimate of drug-likeness (QED) is 0.862. The Labute approximate surface area is 136 Å². The molecule has 0 saturated carbocycles. The molecule has 1 heterocycles. The number of carbonyl (C=O) groups is 2. The molecule has 1 aromatic heterocycles. The first kappa shape index (κ1) is 16.4. The van der Waals surface area contributed by atoms with E-state index in [0.717, 1.165) is 0 Å². The molecule has 0 aliphatic heterocycles. The summed E-state index contributed by atoms with van der Waals surface area (Å²) in [4.78, 5) is 23.7. The molecule has 0 radical (unpaired) electrons. The zero-order valence-electron chi connectivity index (χ0n) is 12.3. The molecule has 0 bridgehead atoms. The second-order valence-corrected chi connectivity index (χ2v) is 4.84. The summed E-state index contributed by atoms with van der Waals surface area (Å²) in [7, 11) is 2.43. The molecule has 0 amide bonds. The Kier molecular flexibility index (Phi) is 4.57. The van der Waals surface area contributed by atoms with Crippen molar-refractivity contribution in [3.63, 3.8) is 0 Å². The molecule has 0 aliphatic carbocycles. The van der Waals surface area contributed by atoms with Gasteiger partial charge in [0, 0.05) is 11.9 Å². The second-order valence-electron chi connectivity index (χ2n) is 4.43. The maximum absolute atomic E-state index is 11.9. The number of rotatable bonds is 3. The lowest BCUT2D eigenvalue weighted by molar-refractivity contribution is 0.0588. The first-order valence-electron chi connectivity index (χ1n) is 6.32. The van der Waals surface area contributed by atoms with Crippen LogP contribution < -0.4 is 5.73 Å². The normalized spacial score (nSPS) is 10.0. The topological polar surface area (TPSA) is 107 Å². The molecule has 0 saturated heterocycles. The number of nitrogens with two attached hydrogens (primary N) is 1. The van der Waals surface area contributed by atoms with E-state index in [1.165, 1.54) is 37.1 Å². The minimum atomic E-state index is -0.710. The minimum absolute atomic E-state index is 0.00563. The highest BCUT2D eigenvalue weighted by atomic mass is 35.5. The van der Waals surface area contributed by atoms with Crippen LogP contribution in [0, 0.1) is 11.3 Å². The lowest BCUT2D eigenvalue weighted by atomic mass is 10.2. The number of anilines is 1. The van der Waals surface area contributed by atoms with E-state index in [2.05, 4.69) is 4.74 Å². The summed E-state index contributed by atoms with van der Waals surface area (Å²) in [5.74, 6) is -1.34. The first-order chi connectivity index (χ1) is 10.9. The Balaban J connectivity index is 2.70. The number of hydrogen-bond donors (Lipinski definition) is 1. The van der Waals surface area contributed by atoms with Crippen LogP contribution in [0.1, 0.15) is 26.4 Å². The second kappa shape index (κ2) is 6.42. The average molecular weight is 334 g/mol. The van der Waals surface area contributed by atoms with Crippen LogP contribution >= 0.6 is 11.6 Å². The molecule has 0 fully saturated rings. The SMILES string of the molecule is COC(=O)c1cc(-n2cc(C#N)c(N)c2C(=O)OC)ccc1Cl. The number of methoxy groups -OCH3 is 2. The van der Waals surface area contributed by atoms with Gasteiger partial charge in [-0.25, -0.2) is 9.59 Å². The number of halogens is 1. The molecule has 2 rings (SSSR count). The molecule has 8 heteroatoms. The highest BCUT2D eigenvalue weighted by Gasteiger charge is 2.22. The van der Waals surface area contributed by atoms with Gasteiger partial charge in [0.1, 0.15) is 6.07 Å². The first-order valence-corrected chi connectivity index (χ1v) is 6.69. The Morgan fingerprint density at radius 2 is 1.91 bits per heavy atom. The summed E-state index contributed by atoms with van der Waals surface area (Å²) in [5, 5.41) is 9.29. The molecule has 0 spiro atoms. The highest BCUT2D eigenvalue weighted by molar-refractivity contribution is 6.33. The molecule has 23 heavy (non-hydrogen) atoms. The van der Waals surface area contributed by atoms with Gasteiger partial charge >= 0.3 is 11.9 Å². The Hall–Kier alpha value is -2.98. The molecular formula is C15H12ClN3O4. The van der Waals surface area contributed by atoms with Crippen molar-refractivity contribution in [3.05, 3.63) is 46.2 Å². The van der Waals surface area contributed by atoms with E-state index in [9.17, 15) is 9.59 Å². The predicted octanol–water partition coefficient (Wildman–Crippen LogP) is 2.16. The van der Waals surface area contributed by atoms with Gasteiger partial charge in [0.05, 0.1) is 36.1 Å². The number of nitrogens with zero attached hydrogens (tertiary/aromatic N) is 2. The van der Waals surface area contributed by atoms with Crippen molar-refractivity contribution in [1.29, 1.82) is 5.26 Å². The van der Waals surface area contributed by atoms with E-state index >= 15 is 0 Å². The summed E-state index contributed by atoms with van der Waals surface area (Å²) in [6.07, 6.45) is 1.38. The van der Waals surface area contributed by atoms with Crippen molar-refractivity contribution in [2.24, 2.45) is 0 Å². The number of nitrogen functional groups attached to an aromatic ring is 1. The molecule has 0 atom stereocenters. The van der Waals surface area contributed by atoms with E-state index in [1.54, 1.807) is 6.07 Å². The number of hydrogen-bond acceptors (Lipinski definition) is 6. The van der Waals surface area contributed by atoms with Crippen molar-refractivity contribution in [2.45, 2.75) is 0 Å². The monoisotopic (exact) mass is 333 g/mol. The molecule has 118 valence electrons. The fraction of sp³-hybridized carbons (Fsp3) is 0.133. The average Bonchev–Trinajstić information content (AvgIpc) is 2.90. The number of esters is 2. The Morgan fingerprint density at radius 1 is 1.26 bits per heavy atom. The van der Waals surface area contributed by atoms with Gasteiger partial charge in [-0.05, 0) is 18.2 Å². The predicted molar refractivity (Wildman–Crippen MR) is 82.6 cm³/mol. The summed E-state index contributed by atoms with van der Waals surface area (Å²) in [5.41, 5.74) is 6.44. The lowest BCUT2D eigenvalue weighted by Gasteiger charge is -2.10. The van der Waals surface area contributed by atoms with Crippen LogP contribution in [0.15, 0.2) is 24.4 Å². The number of aromatic nitrogens is 1. The van der Waals surface area contributed by atoms with Crippen LogP contribution in [0.25, 0.3) is 5.69 Å². The van der Waals surface area contributed by atoms with Crippen LogP contribution in [-0.4, -0.2) is 30.7 Å². The number of benzene rings is 1. The van der Waals surface area contributed by atoms with Crippen molar-refractivity contribution in [1.82, 2.24) is 4.57 Å². The Bertz CT molecular complexity index is 836. The van der Waals surface area contributed by atoms with E-state index in [4.69, 9.17) is 27.3 Å². The van der Waals surface area contributed by atoms with Crippen molar-refractivity contribution >= 4 is 29.2 Å². The van der Waals surface area contributed by atoms with Gasteiger partial charge in [0.15, 0.2) is 5.69 Å². The van der Waals surface area contributed by atoms with Crippen LogP contribution in [0.4, 0.5) is 5.69 Å². The molecule has 2 N–H and O–H groups in total. The van der Waals surface area contributed by atoms with E-state index in [-0.39, 0.29) is 27.5 Å². The van der Waals surface area contributed by atoms with Gasteiger partial charge in [-0.2, -0.15) is 5.26 Å². The summed E-state index contributed by atoms with van der Waals surface area (Å²) < 4.78 is 10.7. The van der Waals surface area contributed by atoms with Crippen LogP contribution in [0.2, 0.25) is 5.02 Å². The minimum Gasteiger partial charge on any atom is -0.465 e. The van der Waals surface area contributed by atoms with Crippen molar-refractivity contribution < 1.29 is 19.1 Å². The molecule has 7 nitrogen and oxygen atoms in total. The highest BCUT2D eigenvalue weighted by Crippen LogP contribution is 2.27. The summed E-state index contributed by atoms with van der Waals surface area (Å²) >= 11 is 5.97. The maximum Gasteiger partial charge on any atom is 0.357 e. The lowest BCUT2D eigenvalue weighted by Crippen LogP contribution is -2.12. The van der Waals surface area contributed by atoms with Gasteiger partial charge in [-0.3, -0.25) is 0 Å². The van der Waals surface area contributed by atoms with Crippen LogP contribution in [0.3, 0.4) is 0 Å². The maximum atomic E-state index is 11.9. The zero-order chi connectivity index (χ0) is 17.1. The molecule has 0 aliphatic rings. The smallest absolute Gasteiger partial charge is 0.357 e. The number of nitriles is 1.